The van der Waals surface area contributed by atoms with Crippen molar-refractivity contribution in [3.8, 4) is 0 Å². The molecule has 1 heterocycles. The van der Waals surface area contributed by atoms with Crippen LogP contribution in [0.4, 0.5) is 15.8 Å². The number of hydrogen-bond acceptors (Lipinski definition) is 4. The molecule has 8 heteroatoms. The second-order valence-corrected chi connectivity index (χ2v) is 6.31. The Morgan fingerprint density at radius 1 is 1.45 bits per heavy atom. The van der Waals surface area contributed by atoms with E-state index in [2.05, 4.69) is 21.2 Å². The molecule has 0 saturated carbocycles. The van der Waals surface area contributed by atoms with E-state index in [0.29, 0.717) is 4.88 Å². The molecule has 0 aliphatic carbocycles. The van der Waals surface area contributed by atoms with E-state index in [1.165, 1.54) is 11.3 Å². The third-order valence-corrected chi connectivity index (χ3v) is 4.62. The molecule has 20 heavy (non-hydrogen) atoms. The molecule has 1 amide bonds. The van der Waals surface area contributed by atoms with E-state index in [0.717, 1.165) is 27.5 Å². The minimum absolute atomic E-state index is 0.165. The minimum atomic E-state index is -0.676. The molecule has 0 atom stereocenters. The topological polar surface area (TPSA) is 72.2 Å². The number of thiophene rings is 1. The average molecular weight is 359 g/mol. The summed E-state index contributed by atoms with van der Waals surface area (Å²) in [4.78, 5) is 22.5. The van der Waals surface area contributed by atoms with Crippen molar-refractivity contribution in [1.29, 1.82) is 0 Å². The van der Waals surface area contributed by atoms with Crippen LogP contribution in [0.15, 0.2) is 28.1 Å². The largest absolute Gasteiger partial charge is 0.315 e. The predicted octanol–water partition coefficient (Wildman–Crippen LogP) is 4.12. The third-order valence-electron chi connectivity index (χ3n) is 2.48. The molecular formula is C12H8BrFN2O3S. The van der Waals surface area contributed by atoms with Gasteiger partial charge in [-0.25, -0.2) is 4.39 Å². The molecule has 2 aromatic rings. The predicted molar refractivity (Wildman–Crippen MR) is 77.8 cm³/mol. The molecule has 0 spiro atoms. The second-order valence-electron chi connectivity index (χ2n) is 3.94. The van der Waals surface area contributed by atoms with Crippen LogP contribution in [0, 0.1) is 22.9 Å². The van der Waals surface area contributed by atoms with E-state index in [-0.39, 0.29) is 11.4 Å². The number of rotatable bonds is 3. The molecule has 104 valence electrons. The maximum atomic E-state index is 13.2. The highest BCUT2D eigenvalue weighted by Crippen LogP contribution is 2.30. The summed E-state index contributed by atoms with van der Waals surface area (Å²) in [6.45, 7) is 1.82. The number of hydrogen-bond donors (Lipinski definition) is 1. The summed E-state index contributed by atoms with van der Waals surface area (Å²) < 4.78 is 14.0. The number of nitrogens with zero attached hydrogens (tertiary/aromatic N) is 1. The second kappa shape index (κ2) is 5.68. The maximum Gasteiger partial charge on any atom is 0.292 e. The third kappa shape index (κ3) is 3.02. The first-order chi connectivity index (χ1) is 9.38. The molecule has 0 saturated heterocycles. The van der Waals surface area contributed by atoms with Crippen LogP contribution in [0.3, 0.4) is 0 Å². The van der Waals surface area contributed by atoms with Crippen molar-refractivity contribution >= 4 is 44.5 Å². The van der Waals surface area contributed by atoms with Gasteiger partial charge in [-0.1, -0.05) is 0 Å². The number of nitro groups is 1. The molecule has 0 fully saturated rings. The van der Waals surface area contributed by atoms with Gasteiger partial charge < -0.3 is 5.32 Å². The standard InChI is InChI=1S/C12H8BrFN2O3S/c1-6-4-10(20-11(6)13)12(17)15-8-5-7(14)2-3-9(8)16(18)19/h2-5H,1H3,(H,15,17). The Balaban J connectivity index is 2.32. The van der Waals surface area contributed by atoms with Gasteiger partial charge in [-0.05, 0) is 40.5 Å². The van der Waals surface area contributed by atoms with E-state index >= 15 is 0 Å². The summed E-state index contributed by atoms with van der Waals surface area (Å²) in [5.74, 6) is -1.17. The summed E-state index contributed by atoms with van der Waals surface area (Å²) in [6, 6.07) is 4.56. The van der Waals surface area contributed by atoms with Crippen LogP contribution < -0.4 is 5.32 Å². The van der Waals surface area contributed by atoms with E-state index < -0.39 is 16.6 Å². The average Bonchev–Trinajstić information content (AvgIpc) is 2.69. The van der Waals surface area contributed by atoms with Gasteiger partial charge in [0.05, 0.1) is 13.6 Å². The quantitative estimate of drug-likeness (QED) is 0.662. The van der Waals surface area contributed by atoms with Crippen LogP contribution in [0.25, 0.3) is 0 Å². The lowest BCUT2D eigenvalue weighted by molar-refractivity contribution is -0.384. The van der Waals surface area contributed by atoms with Crippen LogP contribution in [-0.4, -0.2) is 10.8 Å². The smallest absolute Gasteiger partial charge is 0.292 e. The van der Waals surface area contributed by atoms with Gasteiger partial charge in [0.25, 0.3) is 11.6 Å². The number of carbonyl (C=O) groups excluding carboxylic acids is 1. The van der Waals surface area contributed by atoms with E-state index in [1.807, 2.05) is 6.92 Å². The highest BCUT2D eigenvalue weighted by Gasteiger charge is 2.19. The highest BCUT2D eigenvalue weighted by molar-refractivity contribution is 9.11. The van der Waals surface area contributed by atoms with Crippen molar-refractivity contribution in [2.45, 2.75) is 6.92 Å². The lowest BCUT2D eigenvalue weighted by atomic mass is 10.2. The zero-order chi connectivity index (χ0) is 14.9. The molecule has 2 rings (SSSR count). The van der Waals surface area contributed by atoms with Crippen LogP contribution >= 0.6 is 27.3 Å². The normalized spacial score (nSPS) is 10.3. The van der Waals surface area contributed by atoms with Crippen molar-refractivity contribution in [2.24, 2.45) is 0 Å². The summed E-state index contributed by atoms with van der Waals surface area (Å²) in [5.41, 5.74) is 0.364. The van der Waals surface area contributed by atoms with Gasteiger partial charge in [0.2, 0.25) is 0 Å². The van der Waals surface area contributed by atoms with Crippen LogP contribution in [-0.2, 0) is 0 Å². The molecule has 0 aliphatic rings. The summed E-state index contributed by atoms with van der Waals surface area (Å²) >= 11 is 4.49. The fourth-order valence-electron chi connectivity index (χ4n) is 1.52. The number of anilines is 1. The summed E-state index contributed by atoms with van der Waals surface area (Å²) in [7, 11) is 0. The molecule has 0 unspecified atom stereocenters. The molecule has 0 bridgehead atoms. The first kappa shape index (κ1) is 14.6. The molecular weight excluding hydrogens is 351 g/mol. The fourth-order valence-corrected chi connectivity index (χ4v) is 2.95. The number of halogens is 2. The number of nitro benzene ring substituents is 1. The van der Waals surface area contributed by atoms with Crippen molar-refractivity contribution in [1.82, 2.24) is 0 Å². The van der Waals surface area contributed by atoms with Gasteiger partial charge >= 0.3 is 0 Å². The molecule has 1 aromatic heterocycles. The lowest BCUT2D eigenvalue weighted by Gasteiger charge is -2.04. The zero-order valence-corrected chi connectivity index (χ0v) is 12.5. The van der Waals surface area contributed by atoms with Crippen molar-refractivity contribution in [3.63, 3.8) is 0 Å². The summed E-state index contributed by atoms with van der Waals surface area (Å²) in [5, 5.41) is 13.2. The number of carbonyl (C=O) groups is 1. The minimum Gasteiger partial charge on any atom is -0.315 e. The van der Waals surface area contributed by atoms with Crippen molar-refractivity contribution < 1.29 is 14.1 Å². The highest BCUT2D eigenvalue weighted by atomic mass is 79.9. The number of nitrogens with one attached hydrogen (secondary N) is 1. The van der Waals surface area contributed by atoms with Crippen molar-refractivity contribution in [3.05, 3.63) is 54.4 Å². The fraction of sp³-hybridized carbons (Fsp3) is 0.0833. The Hall–Kier alpha value is -1.80. The van der Waals surface area contributed by atoms with Gasteiger partial charge in [0, 0.05) is 12.1 Å². The molecule has 0 radical (unpaired) electrons. The molecule has 5 nitrogen and oxygen atoms in total. The van der Waals surface area contributed by atoms with Gasteiger partial charge in [-0.15, -0.1) is 11.3 Å². The first-order valence-corrected chi connectivity index (χ1v) is 7.00. The van der Waals surface area contributed by atoms with Gasteiger partial charge in [0.1, 0.15) is 11.5 Å². The SMILES string of the molecule is Cc1cc(C(=O)Nc2cc(F)ccc2[N+](=O)[O-])sc1Br. The Morgan fingerprint density at radius 3 is 2.70 bits per heavy atom. The van der Waals surface area contributed by atoms with Crippen LogP contribution in [0.1, 0.15) is 15.2 Å². The first-order valence-electron chi connectivity index (χ1n) is 5.39. The molecule has 1 aromatic carbocycles. The van der Waals surface area contributed by atoms with Gasteiger partial charge in [0.15, 0.2) is 0 Å². The van der Waals surface area contributed by atoms with E-state index in [9.17, 15) is 19.3 Å². The zero-order valence-electron chi connectivity index (χ0n) is 10.1. The number of aryl methyl sites for hydroxylation is 1. The van der Waals surface area contributed by atoms with E-state index in [4.69, 9.17) is 0 Å². The number of benzene rings is 1. The number of amides is 1. The van der Waals surface area contributed by atoms with Crippen LogP contribution in [0.5, 0.6) is 0 Å². The molecule has 0 aliphatic heterocycles. The lowest BCUT2D eigenvalue weighted by Crippen LogP contribution is -2.11. The summed E-state index contributed by atoms with van der Waals surface area (Å²) in [6.07, 6.45) is 0. The van der Waals surface area contributed by atoms with Gasteiger partial charge in [-0.2, -0.15) is 0 Å². The monoisotopic (exact) mass is 358 g/mol. The van der Waals surface area contributed by atoms with Crippen LogP contribution in [0.2, 0.25) is 0 Å². The van der Waals surface area contributed by atoms with Gasteiger partial charge in [-0.3, -0.25) is 14.9 Å². The Labute approximate surface area is 125 Å². The van der Waals surface area contributed by atoms with Crippen molar-refractivity contribution in [2.75, 3.05) is 5.32 Å². The Bertz CT molecular complexity index is 683. The van der Waals surface area contributed by atoms with E-state index in [1.54, 1.807) is 6.07 Å². The maximum absolute atomic E-state index is 13.2. The molecule has 1 N–H and O–H groups in total. The Morgan fingerprint density at radius 2 is 2.15 bits per heavy atom. The Kier molecular flexibility index (Phi) is 4.15.